The van der Waals surface area contributed by atoms with E-state index in [1.54, 1.807) is 4.90 Å². The molecular formula is C18H32N2O4. The molecule has 2 amide bonds. The monoisotopic (exact) mass is 340 g/mol. The molecule has 0 aliphatic carbocycles. The number of carbonyl (C=O) groups is 2. The zero-order chi connectivity index (χ0) is 17.9. The molecule has 2 aliphatic rings. The Morgan fingerprint density at radius 2 is 1.75 bits per heavy atom. The fourth-order valence-electron chi connectivity index (χ4n) is 3.53. The summed E-state index contributed by atoms with van der Waals surface area (Å²) in [6.45, 7) is 9.57. The summed E-state index contributed by atoms with van der Waals surface area (Å²) in [5.41, 5.74) is -0.473. The van der Waals surface area contributed by atoms with Crippen LogP contribution in [0.15, 0.2) is 0 Å². The molecule has 2 saturated heterocycles. The Hall–Kier alpha value is -1.30. The third-order valence-electron chi connectivity index (χ3n) is 4.90. The summed E-state index contributed by atoms with van der Waals surface area (Å²) in [5, 5.41) is 9.68. The van der Waals surface area contributed by atoms with Crippen LogP contribution in [0.25, 0.3) is 0 Å². The lowest BCUT2D eigenvalue weighted by atomic mass is 9.92. The van der Waals surface area contributed by atoms with Gasteiger partial charge in [-0.2, -0.15) is 0 Å². The number of ether oxygens (including phenoxy) is 1. The molecule has 2 unspecified atom stereocenters. The van der Waals surface area contributed by atoms with Gasteiger partial charge in [-0.3, -0.25) is 4.79 Å². The molecule has 0 aromatic carbocycles. The minimum Gasteiger partial charge on any atom is -0.444 e. The molecular weight excluding hydrogens is 308 g/mol. The summed E-state index contributed by atoms with van der Waals surface area (Å²) >= 11 is 0. The number of hydrogen-bond acceptors (Lipinski definition) is 4. The van der Waals surface area contributed by atoms with Crippen molar-refractivity contribution in [2.75, 3.05) is 19.6 Å². The topological polar surface area (TPSA) is 70.1 Å². The molecule has 24 heavy (non-hydrogen) atoms. The summed E-state index contributed by atoms with van der Waals surface area (Å²) in [4.78, 5) is 28.2. The Morgan fingerprint density at radius 1 is 1.12 bits per heavy atom. The van der Waals surface area contributed by atoms with E-state index in [4.69, 9.17) is 4.74 Å². The first-order valence-corrected chi connectivity index (χ1v) is 9.11. The lowest BCUT2D eigenvalue weighted by molar-refractivity contribution is -0.137. The summed E-state index contributed by atoms with van der Waals surface area (Å²) in [7, 11) is 0. The largest absolute Gasteiger partial charge is 0.444 e. The highest BCUT2D eigenvalue weighted by Gasteiger charge is 2.31. The highest BCUT2D eigenvalue weighted by atomic mass is 16.6. The van der Waals surface area contributed by atoms with Crippen LogP contribution >= 0.6 is 0 Å². The van der Waals surface area contributed by atoms with E-state index in [1.165, 1.54) is 0 Å². The van der Waals surface area contributed by atoms with Crippen LogP contribution in [0, 0.1) is 5.92 Å². The maximum atomic E-state index is 12.5. The van der Waals surface area contributed by atoms with Crippen molar-refractivity contribution < 1.29 is 19.4 Å². The first-order valence-electron chi connectivity index (χ1n) is 9.11. The van der Waals surface area contributed by atoms with Crippen molar-refractivity contribution in [2.45, 2.75) is 77.5 Å². The van der Waals surface area contributed by atoms with Gasteiger partial charge >= 0.3 is 6.09 Å². The molecule has 0 spiro atoms. The maximum absolute atomic E-state index is 12.5. The number of hydrogen-bond donors (Lipinski definition) is 1. The van der Waals surface area contributed by atoms with Gasteiger partial charge in [0.15, 0.2) is 0 Å². The van der Waals surface area contributed by atoms with E-state index in [9.17, 15) is 14.7 Å². The van der Waals surface area contributed by atoms with E-state index in [0.717, 1.165) is 12.8 Å². The van der Waals surface area contributed by atoms with Crippen LogP contribution < -0.4 is 0 Å². The lowest BCUT2D eigenvalue weighted by Crippen LogP contribution is -2.47. The summed E-state index contributed by atoms with van der Waals surface area (Å²) < 4.78 is 5.40. The molecule has 2 rings (SSSR count). The average molecular weight is 340 g/mol. The predicted molar refractivity (Wildman–Crippen MR) is 91.6 cm³/mol. The van der Waals surface area contributed by atoms with Gasteiger partial charge in [-0.15, -0.1) is 0 Å². The molecule has 0 radical (unpaired) electrons. The predicted octanol–water partition coefficient (Wildman–Crippen LogP) is 2.40. The molecule has 2 fully saturated rings. The number of piperidine rings is 2. The number of rotatable bonds is 2. The maximum Gasteiger partial charge on any atom is 0.410 e. The Kier molecular flexibility index (Phi) is 6.12. The highest BCUT2D eigenvalue weighted by molar-refractivity contribution is 5.77. The number of aliphatic hydroxyl groups excluding tert-OH is 1. The van der Waals surface area contributed by atoms with E-state index >= 15 is 0 Å². The van der Waals surface area contributed by atoms with E-state index in [0.29, 0.717) is 44.8 Å². The van der Waals surface area contributed by atoms with Crippen molar-refractivity contribution in [1.29, 1.82) is 0 Å². The molecule has 6 nitrogen and oxygen atoms in total. The summed E-state index contributed by atoms with van der Waals surface area (Å²) in [6.07, 6.45) is 3.04. The second-order valence-corrected chi connectivity index (χ2v) is 8.23. The van der Waals surface area contributed by atoms with E-state index in [2.05, 4.69) is 0 Å². The zero-order valence-corrected chi connectivity index (χ0v) is 15.5. The minimum absolute atomic E-state index is 0.114. The Bertz CT molecular complexity index is 452. The minimum atomic E-state index is -0.473. The average Bonchev–Trinajstić information content (AvgIpc) is 2.45. The SMILES string of the molecule is CC1CC(O)CCN1C(=O)CC1CCN(C(=O)OC(C)(C)C)CC1. The van der Waals surface area contributed by atoms with E-state index < -0.39 is 5.60 Å². The lowest BCUT2D eigenvalue weighted by Gasteiger charge is -2.38. The fraction of sp³-hybridized carbons (Fsp3) is 0.889. The first kappa shape index (κ1) is 19.0. The van der Waals surface area contributed by atoms with Gasteiger partial charge in [-0.05, 0) is 59.3 Å². The van der Waals surface area contributed by atoms with Crippen LogP contribution in [0.3, 0.4) is 0 Å². The van der Waals surface area contributed by atoms with Crippen LogP contribution in [0.5, 0.6) is 0 Å². The number of carbonyl (C=O) groups excluding carboxylic acids is 2. The van der Waals surface area contributed by atoms with E-state index in [1.807, 2.05) is 32.6 Å². The quantitative estimate of drug-likeness (QED) is 0.838. The Labute approximate surface area is 145 Å². The van der Waals surface area contributed by atoms with Crippen molar-refractivity contribution in [3.63, 3.8) is 0 Å². The van der Waals surface area contributed by atoms with Gasteiger partial charge in [0, 0.05) is 32.1 Å². The molecule has 0 aromatic rings. The Balaban J connectivity index is 1.76. The number of aliphatic hydroxyl groups is 1. The zero-order valence-electron chi connectivity index (χ0n) is 15.5. The van der Waals surface area contributed by atoms with Gasteiger partial charge in [0.05, 0.1) is 6.10 Å². The second-order valence-electron chi connectivity index (χ2n) is 8.23. The van der Waals surface area contributed by atoms with Crippen molar-refractivity contribution >= 4 is 12.0 Å². The standard InChI is InChI=1S/C18H32N2O4/c1-13-11-15(21)7-10-20(13)16(22)12-14-5-8-19(9-6-14)17(23)24-18(2,3)4/h13-15,21H,5-12H2,1-4H3. The van der Waals surface area contributed by atoms with Crippen LogP contribution in [-0.2, 0) is 9.53 Å². The molecule has 6 heteroatoms. The second kappa shape index (κ2) is 7.72. The van der Waals surface area contributed by atoms with Crippen molar-refractivity contribution in [3.05, 3.63) is 0 Å². The molecule has 2 aliphatic heterocycles. The highest BCUT2D eigenvalue weighted by Crippen LogP contribution is 2.25. The molecule has 0 aromatic heterocycles. The van der Waals surface area contributed by atoms with Gasteiger partial charge in [0.25, 0.3) is 0 Å². The van der Waals surface area contributed by atoms with Crippen LogP contribution in [0.1, 0.15) is 59.8 Å². The third kappa shape index (κ3) is 5.36. The Morgan fingerprint density at radius 3 is 2.29 bits per heavy atom. The molecule has 2 heterocycles. The molecule has 138 valence electrons. The number of nitrogens with zero attached hydrogens (tertiary/aromatic N) is 2. The fourth-order valence-corrected chi connectivity index (χ4v) is 3.53. The molecule has 0 bridgehead atoms. The summed E-state index contributed by atoms with van der Waals surface area (Å²) in [6, 6.07) is 0.114. The third-order valence-corrected chi connectivity index (χ3v) is 4.90. The normalized spacial score (nSPS) is 26.4. The van der Waals surface area contributed by atoms with E-state index in [-0.39, 0.29) is 24.1 Å². The van der Waals surface area contributed by atoms with Gasteiger partial charge in [-0.1, -0.05) is 0 Å². The molecule has 2 atom stereocenters. The van der Waals surface area contributed by atoms with Gasteiger partial charge in [-0.25, -0.2) is 4.79 Å². The number of likely N-dealkylation sites (tertiary alicyclic amines) is 2. The smallest absolute Gasteiger partial charge is 0.410 e. The van der Waals surface area contributed by atoms with Crippen LogP contribution in [0.4, 0.5) is 4.79 Å². The van der Waals surface area contributed by atoms with Crippen LogP contribution in [-0.4, -0.2) is 64.3 Å². The van der Waals surface area contributed by atoms with Crippen LogP contribution in [0.2, 0.25) is 0 Å². The van der Waals surface area contributed by atoms with Crippen molar-refractivity contribution in [2.24, 2.45) is 5.92 Å². The van der Waals surface area contributed by atoms with Gasteiger partial charge in [0.2, 0.25) is 5.91 Å². The van der Waals surface area contributed by atoms with Crippen molar-refractivity contribution in [1.82, 2.24) is 9.80 Å². The first-order chi connectivity index (χ1) is 11.2. The summed E-state index contributed by atoms with van der Waals surface area (Å²) in [5.74, 6) is 0.514. The van der Waals surface area contributed by atoms with Crippen molar-refractivity contribution in [3.8, 4) is 0 Å². The number of amides is 2. The molecule has 0 saturated carbocycles. The van der Waals surface area contributed by atoms with Gasteiger partial charge < -0.3 is 19.6 Å². The molecule has 1 N–H and O–H groups in total. The van der Waals surface area contributed by atoms with Gasteiger partial charge in [0.1, 0.15) is 5.60 Å².